The lowest BCUT2D eigenvalue weighted by Gasteiger charge is -2.17. The first-order valence-corrected chi connectivity index (χ1v) is 11.4. The predicted molar refractivity (Wildman–Crippen MR) is 119 cm³/mol. The molecule has 3 amide bonds. The van der Waals surface area contributed by atoms with E-state index in [1.54, 1.807) is 6.92 Å². The van der Waals surface area contributed by atoms with E-state index in [9.17, 15) is 19.2 Å². The molecule has 2 fully saturated rings. The normalized spacial score (nSPS) is 25.7. The van der Waals surface area contributed by atoms with Crippen LogP contribution in [0.2, 0.25) is 0 Å². The molecule has 1 aromatic heterocycles. The van der Waals surface area contributed by atoms with Crippen molar-refractivity contribution in [1.82, 2.24) is 10.2 Å². The minimum absolute atomic E-state index is 0.0159. The number of anilines is 1. The SMILES string of the molecule is CCOC(=O)c1c(NC(=S)NC(=O)CN2C(=O)[C@@H]3[C@H](C2=O)[C@@H]2C=C[C@H]3C2)sc(C)c1C. The number of amides is 3. The zero-order valence-electron chi connectivity index (χ0n) is 17.4. The Morgan fingerprint density at radius 1 is 1.19 bits per heavy atom. The summed E-state index contributed by atoms with van der Waals surface area (Å²) in [6.07, 6.45) is 4.85. The highest BCUT2D eigenvalue weighted by Gasteiger charge is 2.59. The average Bonchev–Trinajstić information content (AvgIpc) is 3.43. The van der Waals surface area contributed by atoms with E-state index in [-0.39, 0.29) is 53.8 Å². The maximum Gasteiger partial charge on any atom is 0.341 e. The van der Waals surface area contributed by atoms with Crippen LogP contribution in [-0.4, -0.2) is 46.9 Å². The first-order chi connectivity index (χ1) is 14.7. The van der Waals surface area contributed by atoms with E-state index in [0.29, 0.717) is 10.6 Å². The summed E-state index contributed by atoms with van der Waals surface area (Å²) in [5, 5.41) is 5.83. The molecule has 0 spiro atoms. The lowest BCUT2D eigenvalue weighted by atomic mass is 9.85. The molecule has 4 rings (SSSR count). The number of ether oxygens (including phenoxy) is 1. The monoisotopic (exact) mass is 461 g/mol. The van der Waals surface area contributed by atoms with Gasteiger partial charge in [-0.05, 0) is 56.8 Å². The van der Waals surface area contributed by atoms with E-state index in [0.717, 1.165) is 21.8 Å². The molecule has 2 aliphatic carbocycles. The molecule has 2 heterocycles. The fourth-order valence-corrected chi connectivity index (χ4v) is 6.06. The molecule has 1 saturated carbocycles. The highest BCUT2D eigenvalue weighted by Crippen LogP contribution is 2.52. The Hall–Kier alpha value is -2.59. The van der Waals surface area contributed by atoms with Crippen LogP contribution in [0.4, 0.5) is 5.00 Å². The second-order valence-corrected chi connectivity index (χ2v) is 9.61. The Labute approximate surface area is 189 Å². The van der Waals surface area contributed by atoms with Crippen molar-refractivity contribution in [3.05, 3.63) is 28.2 Å². The van der Waals surface area contributed by atoms with Gasteiger partial charge in [0.1, 0.15) is 11.5 Å². The lowest BCUT2D eigenvalue weighted by Crippen LogP contribution is -2.44. The number of hydrogen-bond donors (Lipinski definition) is 2. The minimum Gasteiger partial charge on any atom is -0.462 e. The van der Waals surface area contributed by atoms with Crippen LogP contribution in [0.25, 0.3) is 0 Å². The fraction of sp³-hybridized carbons (Fsp3) is 0.476. The van der Waals surface area contributed by atoms with E-state index < -0.39 is 11.9 Å². The topological polar surface area (TPSA) is 105 Å². The summed E-state index contributed by atoms with van der Waals surface area (Å²) in [6.45, 7) is 5.28. The lowest BCUT2D eigenvalue weighted by molar-refractivity contribution is -0.144. The van der Waals surface area contributed by atoms with Crippen LogP contribution < -0.4 is 10.6 Å². The van der Waals surface area contributed by atoms with Gasteiger partial charge in [0.2, 0.25) is 17.7 Å². The molecule has 2 N–H and O–H groups in total. The summed E-state index contributed by atoms with van der Waals surface area (Å²) in [5.41, 5.74) is 1.16. The first-order valence-electron chi connectivity index (χ1n) is 10.1. The van der Waals surface area contributed by atoms with Crippen molar-refractivity contribution in [3.63, 3.8) is 0 Å². The summed E-state index contributed by atoms with van der Waals surface area (Å²) in [6, 6.07) is 0. The van der Waals surface area contributed by atoms with E-state index >= 15 is 0 Å². The zero-order chi connectivity index (χ0) is 22.4. The van der Waals surface area contributed by atoms with Crippen LogP contribution in [0.15, 0.2) is 12.2 Å². The van der Waals surface area contributed by atoms with Crippen molar-refractivity contribution in [1.29, 1.82) is 0 Å². The average molecular weight is 462 g/mol. The highest BCUT2D eigenvalue weighted by molar-refractivity contribution is 7.80. The van der Waals surface area contributed by atoms with Gasteiger partial charge in [-0.1, -0.05) is 12.2 Å². The minimum atomic E-state index is -0.567. The molecule has 8 nitrogen and oxygen atoms in total. The van der Waals surface area contributed by atoms with Crippen molar-refractivity contribution in [2.45, 2.75) is 27.2 Å². The standard InChI is InChI=1S/C21H23N3O5S2/c1-4-29-20(28)14-9(2)10(3)31-17(14)23-21(30)22-13(25)8-24-18(26)15-11-5-6-12(7-11)16(15)19(24)27/h5-6,11-12,15-16H,4,7-8H2,1-3H3,(H2,22,23,25,30)/t11-,12+,15-,16+. The van der Waals surface area contributed by atoms with Gasteiger partial charge in [0.05, 0.1) is 24.0 Å². The number of carbonyl (C=O) groups excluding carboxylic acids is 4. The number of imide groups is 1. The largest absolute Gasteiger partial charge is 0.462 e. The summed E-state index contributed by atoms with van der Waals surface area (Å²) in [7, 11) is 0. The number of aryl methyl sites for hydroxylation is 1. The van der Waals surface area contributed by atoms with Crippen LogP contribution in [0.5, 0.6) is 0 Å². The number of thiophene rings is 1. The second-order valence-electron chi connectivity index (χ2n) is 7.97. The Morgan fingerprint density at radius 3 is 2.39 bits per heavy atom. The predicted octanol–water partition coefficient (Wildman–Crippen LogP) is 2.16. The van der Waals surface area contributed by atoms with Crippen molar-refractivity contribution >= 4 is 57.4 Å². The third-order valence-corrected chi connectivity index (χ3v) is 7.54. The molecule has 164 valence electrons. The number of allylic oxidation sites excluding steroid dienone is 2. The molecule has 1 aromatic rings. The van der Waals surface area contributed by atoms with Gasteiger partial charge in [-0.2, -0.15) is 0 Å². The molecular formula is C21H23N3O5S2. The number of nitrogens with one attached hydrogen (secondary N) is 2. The van der Waals surface area contributed by atoms with Crippen LogP contribution in [0.1, 0.15) is 34.1 Å². The molecule has 0 unspecified atom stereocenters. The third-order valence-electron chi connectivity index (χ3n) is 6.21. The molecule has 10 heteroatoms. The van der Waals surface area contributed by atoms with Crippen LogP contribution in [-0.2, 0) is 19.1 Å². The number of carbonyl (C=O) groups is 4. The van der Waals surface area contributed by atoms with Gasteiger partial charge in [-0.25, -0.2) is 4.79 Å². The van der Waals surface area contributed by atoms with Crippen molar-refractivity contribution in [3.8, 4) is 0 Å². The van der Waals surface area contributed by atoms with E-state index in [4.69, 9.17) is 17.0 Å². The molecule has 1 saturated heterocycles. The first kappa shape index (κ1) is 21.6. The van der Waals surface area contributed by atoms with Crippen LogP contribution in [0, 0.1) is 37.5 Å². The number of thiocarbonyl (C=S) groups is 1. The number of fused-ring (bicyclic) bond motifs is 5. The maximum atomic E-state index is 12.7. The van der Waals surface area contributed by atoms with Gasteiger partial charge in [0, 0.05) is 4.88 Å². The number of esters is 1. The molecule has 4 atom stereocenters. The fourth-order valence-electron chi connectivity index (χ4n) is 4.73. The van der Waals surface area contributed by atoms with Gasteiger partial charge < -0.3 is 15.4 Å². The molecule has 31 heavy (non-hydrogen) atoms. The van der Waals surface area contributed by atoms with E-state index in [1.165, 1.54) is 11.3 Å². The van der Waals surface area contributed by atoms with Crippen LogP contribution >= 0.6 is 23.6 Å². The number of hydrogen-bond acceptors (Lipinski definition) is 7. The van der Waals surface area contributed by atoms with Gasteiger partial charge in [0.25, 0.3) is 0 Å². The van der Waals surface area contributed by atoms with Crippen molar-refractivity contribution in [2.24, 2.45) is 23.7 Å². The van der Waals surface area contributed by atoms with Crippen LogP contribution in [0.3, 0.4) is 0 Å². The smallest absolute Gasteiger partial charge is 0.341 e. The van der Waals surface area contributed by atoms with Gasteiger partial charge in [0.15, 0.2) is 5.11 Å². The molecular weight excluding hydrogens is 438 g/mol. The Bertz CT molecular complexity index is 1000. The van der Waals surface area contributed by atoms with E-state index in [2.05, 4.69) is 10.6 Å². The van der Waals surface area contributed by atoms with Gasteiger partial charge >= 0.3 is 5.97 Å². The van der Waals surface area contributed by atoms with Crippen molar-refractivity contribution in [2.75, 3.05) is 18.5 Å². The quantitative estimate of drug-likeness (QED) is 0.300. The number of rotatable bonds is 5. The third kappa shape index (κ3) is 3.67. The number of likely N-dealkylation sites (tertiary alicyclic amines) is 1. The summed E-state index contributed by atoms with van der Waals surface area (Å²) in [5.74, 6) is -2.10. The summed E-state index contributed by atoms with van der Waals surface area (Å²) < 4.78 is 5.11. The molecule has 3 aliphatic rings. The highest BCUT2D eigenvalue weighted by atomic mass is 32.1. The Kier molecular flexibility index (Phi) is 5.69. The Morgan fingerprint density at radius 2 is 1.81 bits per heavy atom. The van der Waals surface area contributed by atoms with Gasteiger partial charge in [-0.3, -0.25) is 19.3 Å². The summed E-state index contributed by atoms with van der Waals surface area (Å²) >= 11 is 6.54. The molecule has 1 aliphatic heterocycles. The van der Waals surface area contributed by atoms with E-state index in [1.807, 2.05) is 26.0 Å². The molecule has 0 radical (unpaired) electrons. The maximum absolute atomic E-state index is 12.7. The van der Waals surface area contributed by atoms with Crippen molar-refractivity contribution < 1.29 is 23.9 Å². The summed E-state index contributed by atoms with van der Waals surface area (Å²) in [4.78, 5) is 52.2. The second kappa shape index (κ2) is 8.16. The Balaban J connectivity index is 1.39. The number of nitrogens with zero attached hydrogens (tertiary/aromatic N) is 1. The molecule has 2 bridgehead atoms. The van der Waals surface area contributed by atoms with Gasteiger partial charge in [-0.15, -0.1) is 11.3 Å². The molecule has 0 aromatic carbocycles. The zero-order valence-corrected chi connectivity index (χ0v) is 19.0.